The number of amides is 1. The highest BCUT2D eigenvalue weighted by Crippen LogP contribution is 2.42. The highest BCUT2D eigenvalue weighted by Gasteiger charge is 2.38. The van der Waals surface area contributed by atoms with E-state index in [1.54, 1.807) is 23.0 Å². The molecule has 2 heterocycles. The SMILES string of the molecule is C[C@H]1[C@@H](Cn2cnc(Cl)c2Cl)O[C@@H](c2ccc(NC(=O)CCCC(=O)O)cc2)O[C@H]1c1ccc(CO)cc1. The fourth-order valence-electron chi connectivity index (χ4n) is 4.34. The van der Waals surface area contributed by atoms with Crippen molar-refractivity contribution in [3.05, 3.63) is 81.9 Å². The summed E-state index contributed by atoms with van der Waals surface area (Å²) in [6.45, 7) is 2.41. The van der Waals surface area contributed by atoms with Gasteiger partial charge in [0.15, 0.2) is 11.4 Å². The number of aromatic nitrogens is 2. The molecule has 0 bridgehead atoms. The van der Waals surface area contributed by atoms with Crippen LogP contribution in [-0.4, -0.2) is 37.7 Å². The molecule has 1 aliphatic rings. The van der Waals surface area contributed by atoms with E-state index in [0.29, 0.717) is 17.4 Å². The van der Waals surface area contributed by atoms with E-state index in [1.165, 1.54) is 0 Å². The standard InChI is InChI=1S/C27H29Cl2N3O6/c1-16-21(13-32-15-30-25(28)26(32)29)37-27(38-24(16)18-7-5-17(14-33)6-8-18)19-9-11-20(12-10-19)31-22(34)3-2-4-23(35)36/h5-12,15-16,21,24,27,33H,2-4,13-14H2,1H3,(H,31,34)(H,35,36)/t16-,21+,24+,27+/m0/s1. The molecule has 1 saturated heterocycles. The second-order valence-electron chi connectivity index (χ2n) is 9.22. The van der Waals surface area contributed by atoms with Gasteiger partial charge in [0.25, 0.3) is 0 Å². The number of nitrogens with zero attached hydrogens (tertiary/aromatic N) is 2. The number of hydrogen-bond acceptors (Lipinski definition) is 6. The van der Waals surface area contributed by atoms with Crippen molar-refractivity contribution < 1.29 is 29.3 Å². The zero-order chi connectivity index (χ0) is 27.2. The summed E-state index contributed by atoms with van der Waals surface area (Å²) < 4.78 is 14.6. The molecule has 202 valence electrons. The van der Waals surface area contributed by atoms with Gasteiger partial charge in [0, 0.05) is 30.0 Å². The molecule has 0 spiro atoms. The molecule has 3 N–H and O–H groups in total. The molecule has 1 fully saturated rings. The molecule has 4 rings (SSSR count). The average Bonchev–Trinajstić information content (AvgIpc) is 3.22. The van der Waals surface area contributed by atoms with Crippen LogP contribution in [0.2, 0.25) is 10.3 Å². The summed E-state index contributed by atoms with van der Waals surface area (Å²) in [4.78, 5) is 26.8. The molecule has 1 aromatic heterocycles. The van der Waals surface area contributed by atoms with Gasteiger partial charge in [-0.15, -0.1) is 0 Å². The number of carboxylic acids is 1. The summed E-state index contributed by atoms with van der Waals surface area (Å²) in [7, 11) is 0. The Morgan fingerprint density at radius 1 is 1.03 bits per heavy atom. The molecule has 3 aromatic rings. The van der Waals surface area contributed by atoms with Crippen molar-refractivity contribution >= 4 is 40.8 Å². The number of nitrogens with one attached hydrogen (secondary N) is 1. The maximum Gasteiger partial charge on any atom is 0.303 e. The first-order valence-corrected chi connectivity index (χ1v) is 13.0. The third-order valence-corrected chi connectivity index (χ3v) is 7.26. The average molecular weight is 562 g/mol. The maximum atomic E-state index is 12.1. The first-order chi connectivity index (χ1) is 18.2. The Kier molecular flexibility index (Phi) is 9.40. The topological polar surface area (TPSA) is 123 Å². The molecule has 1 aliphatic heterocycles. The lowest BCUT2D eigenvalue weighted by atomic mass is 9.90. The van der Waals surface area contributed by atoms with E-state index in [9.17, 15) is 14.7 Å². The summed E-state index contributed by atoms with van der Waals surface area (Å²) in [5.74, 6) is -1.24. The Morgan fingerprint density at radius 3 is 2.32 bits per heavy atom. The zero-order valence-electron chi connectivity index (χ0n) is 20.7. The van der Waals surface area contributed by atoms with Crippen LogP contribution in [0.15, 0.2) is 54.9 Å². The van der Waals surface area contributed by atoms with Gasteiger partial charge in [-0.25, -0.2) is 4.98 Å². The number of ether oxygens (including phenoxy) is 2. The number of hydrogen-bond donors (Lipinski definition) is 3. The summed E-state index contributed by atoms with van der Waals surface area (Å²) in [6, 6.07) is 14.8. The van der Waals surface area contributed by atoms with E-state index in [1.807, 2.05) is 43.3 Å². The van der Waals surface area contributed by atoms with Crippen molar-refractivity contribution in [2.45, 2.75) is 57.8 Å². The molecule has 11 heteroatoms. The molecule has 1 amide bonds. The predicted octanol–water partition coefficient (Wildman–Crippen LogP) is 5.37. The number of aliphatic hydroxyl groups is 1. The van der Waals surface area contributed by atoms with Gasteiger partial charge in [-0.1, -0.05) is 66.5 Å². The minimum Gasteiger partial charge on any atom is -0.481 e. The number of halogens is 2. The molecule has 0 saturated carbocycles. The Bertz CT molecular complexity index is 1250. The lowest BCUT2D eigenvalue weighted by molar-refractivity contribution is -0.276. The third kappa shape index (κ3) is 6.92. The first-order valence-electron chi connectivity index (χ1n) is 12.2. The molecule has 0 unspecified atom stereocenters. The molecular formula is C27H29Cl2N3O6. The fraction of sp³-hybridized carbons (Fsp3) is 0.370. The number of carbonyl (C=O) groups excluding carboxylic acids is 1. The number of carboxylic acid groups (broad SMARTS) is 1. The smallest absolute Gasteiger partial charge is 0.303 e. The molecule has 0 aliphatic carbocycles. The summed E-state index contributed by atoms with van der Waals surface area (Å²) >= 11 is 12.4. The van der Waals surface area contributed by atoms with Crippen molar-refractivity contribution in [3.63, 3.8) is 0 Å². The number of anilines is 1. The van der Waals surface area contributed by atoms with Gasteiger partial charge in [-0.2, -0.15) is 0 Å². The van der Waals surface area contributed by atoms with Crippen molar-refractivity contribution in [2.75, 3.05) is 5.32 Å². The zero-order valence-corrected chi connectivity index (χ0v) is 22.2. The van der Waals surface area contributed by atoms with E-state index in [4.69, 9.17) is 37.8 Å². The van der Waals surface area contributed by atoms with Crippen LogP contribution in [0.4, 0.5) is 5.69 Å². The summed E-state index contributed by atoms with van der Waals surface area (Å²) in [6.07, 6.45) is 0.616. The maximum absolute atomic E-state index is 12.1. The van der Waals surface area contributed by atoms with Crippen molar-refractivity contribution in [3.8, 4) is 0 Å². The van der Waals surface area contributed by atoms with Crippen LogP contribution >= 0.6 is 23.2 Å². The van der Waals surface area contributed by atoms with E-state index < -0.39 is 12.3 Å². The van der Waals surface area contributed by atoms with Crippen molar-refractivity contribution in [1.82, 2.24) is 9.55 Å². The normalized spacial score (nSPS) is 21.3. The molecule has 0 radical (unpaired) electrons. The largest absolute Gasteiger partial charge is 0.481 e. The van der Waals surface area contributed by atoms with Gasteiger partial charge in [0.05, 0.1) is 31.7 Å². The van der Waals surface area contributed by atoms with Crippen LogP contribution < -0.4 is 5.32 Å². The van der Waals surface area contributed by atoms with Crippen LogP contribution in [-0.2, 0) is 32.2 Å². The lowest BCUT2D eigenvalue weighted by Crippen LogP contribution is -2.39. The number of carbonyl (C=O) groups is 2. The van der Waals surface area contributed by atoms with Crippen molar-refractivity contribution in [2.24, 2.45) is 5.92 Å². The minimum atomic E-state index is -0.927. The van der Waals surface area contributed by atoms with Gasteiger partial charge in [0.1, 0.15) is 5.15 Å². The van der Waals surface area contributed by atoms with E-state index in [2.05, 4.69) is 10.3 Å². The Labute approximate surface area is 230 Å². The number of aliphatic hydroxyl groups excluding tert-OH is 1. The van der Waals surface area contributed by atoms with Gasteiger partial charge in [0.2, 0.25) is 5.91 Å². The number of rotatable bonds is 10. The number of imidazole rings is 1. The molecule has 2 aromatic carbocycles. The monoisotopic (exact) mass is 561 g/mol. The van der Waals surface area contributed by atoms with E-state index >= 15 is 0 Å². The first kappa shape index (κ1) is 28.1. The van der Waals surface area contributed by atoms with Crippen LogP contribution in [0, 0.1) is 5.92 Å². The molecule has 38 heavy (non-hydrogen) atoms. The van der Waals surface area contributed by atoms with E-state index in [-0.39, 0.29) is 55.1 Å². The van der Waals surface area contributed by atoms with Crippen LogP contribution in [0.5, 0.6) is 0 Å². The highest BCUT2D eigenvalue weighted by molar-refractivity contribution is 6.40. The van der Waals surface area contributed by atoms with Crippen LogP contribution in [0.25, 0.3) is 0 Å². The highest BCUT2D eigenvalue weighted by atomic mass is 35.5. The van der Waals surface area contributed by atoms with E-state index in [0.717, 1.165) is 16.7 Å². The number of aliphatic carboxylic acids is 1. The van der Waals surface area contributed by atoms with Gasteiger partial charge in [-0.05, 0) is 29.7 Å². The Morgan fingerprint density at radius 2 is 1.71 bits per heavy atom. The Hall–Kier alpha value is -2.95. The Balaban J connectivity index is 1.52. The quantitative estimate of drug-likeness (QED) is 0.304. The molecular weight excluding hydrogens is 533 g/mol. The lowest BCUT2D eigenvalue weighted by Gasteiger charge is -2.41. The fourth-order valence-corrected chi connectivity index (χ4v) is 4.65. The predicted molar refractivity (Wildman–Crippen MR) is 142 cm³/mol. The second kappa shape index (κ2) is 12.7. The summed E-state index contributed by atoms with van der Waals surface area (Å²) in [5.41, 5.74) is 3.11. The molecule has 9 nitrogen and oxygen atoms in total. The van der Waals surface area contributed by atoms with Gasteiger partial charge >= 0.3 is 5.97 Å². The van der Waals surface area contributed by atoms with Gasteiger partial charge in [-0.3, -0.25) is 9.59 Å². The molecule has 4 atom stereocenters. The van der Waals surface area contributed by atoms with Crippen LogP contribution in [0.1, 0.15) is 55.3 Å². The third-order valence-electron chi connectivity index (χ3n) is 6.49. The van der Waals surface area contributed by atoms with Crippen LogP contribution in [0.3, 0.4) is 0 Å². The minimum absolute atomic E-state index is 0.0436. The summed E-state index contributed by atoms with van der Waals surface area (Å²) in [5, 5.41) is 21.5. The van der Waals surface area contributed by atoms with Crippen molar-refractivity contribution in [1.29, 1.82) is 0 Å². The second-order valence-corrected chi connectivity index (χ2v) is 9.93. The number of benzene rings is 2. The van der Waals surface area contributed by atoms with Gasteiger partial charge < -0.3 is 29.6 Å².